The normalized spacial score (nSPS) is 13.5. The lowest BCUT2D eigenvalue weighted by atomic mass is 9.97. The molecule has 2 aromatic carbocycles. The predicted octanol–water partition coefficient (Wildman–Crippen LogP) is 3.61. The third-order valence-corrected chi connectivity index (χ3v) is 5.85. The van der Waals surface area contributed by atoms with Crippen molar-refractivity contribution in [3.8, 4) is 11.5 Å². The van der Waals surface area contributed by atoms with Crippen LogP contribution >= 0.6 is 0 Å². The van der Waals surface area contributed by atoms with Gasteiger partial charge in [-0.05, 0) is 48.6 Å². The molecule has 7 nitrogen and oxygen atoms in total. The Balaban J connectivity index is 1.65. The van der Waals surface area contributed by atoms with Crippen LogP contribution in [-0.2, 0) is 28.9 Å². The van der Waals surface area contributed by atoms with Crippen LogP contribution in [0.1, 0.15) is 28.7 Å². The van der Waals surface area contributed by atoms with E-state index in [1.54, 1.807) is 7.11 Å². The third-order valence-electron chi connectivity index (χ3n) is 5.85. The number of para-hydroxylation sites is 1. The quantitative estimate of drug-likeness (QED) is 0.413. The van der Waals surface area contributed by atoms with Crippen molar-refractivity contribution in [2.75, 3.05) is 27.5 Å². The number of aryl methyl sites for hydroxylation is 2. The zero-order valence-corrected chi connectivity index (χ0v) is 18.6. The van der Waals surface area contributed by atoms with E-state index in [2.05, 4.69) is 11.0 Å². The number of hydrogen-bond donors (Lipinski definition) is 0. The van der Waals surface area contributed by atoms with Gasteiger partial charge in [0.15, 0.2) is 0 Å². The first-order valence-electron chi connectivity index (χ1n) is 10.6. The zero-order chi connectivity index (χ0) is 22.7. The summed E-state index contributed by atoms with van der Waals surface area (Å²) in [6, 6.07) is 11.4. The van der Waals surface area contributed by atoms with Gasteiger partial charge in [0.25, 0.3) is 0 Å². The van der Waals surface area contributed by atoms with Crippen LogP contribution in [0.15, 0.2) is 45.6 Å². The molecule has 1 aromatic heterocycles. The number of esters is 1. The second-order valence-electron chi connectivity index (χ2n) is 7.93. The van der Waals surface area contributed by atoms with Crippen LogP contribution in [0.25, 0.3) is 11.0 Å². The van der Waals surface area contributed by atoms with Gasteiger partial charge < -0.3 is 18.6 Å². The third kappa shape index (κ3) is 4.48. The molecule has 0 saturated carbocycles. The van der Waals surface area contributed by atoms with Crippen LogP contribution in [0.5, 0.6) is 11.5 Å². The highest BCUT2D eigenvalue weighted by Crippen LogP contribution is 2.37. The largest absolute Gasteiger partial charge is 0.496 e. The highest BCUT2D eigenvalue weighted by atomic mass is 16.5. The summed E-state index contributed by atoms with van der Waals surface area (Å²) in [7, 11) is 3.05. The van der Waals surface area contributed by atoms with Gasteiger partial charge in [-0.3, -0.25) is 9.69 Å². The second-order valence-corrected chi connectivity index (χ2v) is 7.93. The molecule has 0 amide bonds. The molecule has 3 aromatic rings. The molecule has 0 fully saturated rings. The summed E-state index contributed by atoms with van der Waals surface area (Å²) in [5.41, 5.74) is 3.89. The molecule has 0 aliphatic carbocycles. The van der Waals surface area contributed by atoms with E-state index in [4.69, 9.17) is 18.6 Å². The van der Waals surface area contributed by atoms with Crippen molar-refractivity contribution >= 4 is 16.9 Å². The van der Waals surface area contributed by atoms with E-state index < -0.39 is 0 Å². The van der Waals surface area contributed by atoms with E-state index in [0.717, 1.165) is 46.4 Å². The molecule has 1 aliphatic rings. The first-order chi connectivity index (χ1) is 15.5. The van der Waals surface area contributed by atoms with Crippen molar-refractivity contribution in [3.05, 3.63) is 69.1 Å². The molecule has 2 heterocycles. The summed E-state index contributed by atoms with van der Waals surface area (Å²) >= 11 is 0. The summed E-state index contributed by atoms with van der Waals surface area (Å²) in [5, 5.41) is 0.860. The zero-order valence-electron chi connectivity index (χ0n) is 18.6. The molecule has 0 spiro atoms. The van der Waals surface area contributed by atoms with Crippen LogP contribution in [0.2, 0.25) is 0 Å². The molecule has 4 rings (SSSR count). The van der Waals surface area contributed by atoms with E-state index in [-0.39, 0.29) is 18.0 Å². The number of methoxy groups -OCH3 is 2. The first-order valence-corrected chi connectivity index (χ1v) is 10.6. The Labute approximate surface area is 186 Å². The SMILES string of the molecule is COC(=O)CCc1cc2c(C)cc(=O)oc2c2c1OCN(CCc1ccccc1OC)C2. The number of hydrogen-bond acceptors (Lipinski definition) is 7. The maximum absolute atomic E-state index is 12.1. The summed E-state index contributed by atoms with van der Waals surface area (Å²) in [6.45, 7) is 3.64. The average Bonchev–Trinajstić information content (AvgIpc) is 2.81. The van der Waals surface area contributed by atoms with E-state index >= 15 is 0 Å². The van der Waals surface area contributed by atoms with E-state index in [1.807, 2.05) is 31.2 Å². The molecule has 1 aliphatic heterocycles. The fourth-order valence-electron chi connectivity index (χ4n) is 4.16. The highest BCUT2D eigenvalue weighted by molar-refractivity contribution is 5.86. The number of rotatable bonds is 7. The lowest BCUT2D eigenvalue weighted by Gasteiger charge is -2.31. The number of nitrogens with zero attached hydrogens (tertiary/aromatic N) is 1. The van der Waals surface area contributed by atoms with E-state index in [0.29, 0.717) is 31.0 Å². The first kappa shape index (κ1) is 21.9. The van der Waals surface area contributed by atoms with Gasteiger partial charge in [0.2, 0.25) is 0 Å². The van der Waals surface area contributed by atoms with Crippen molar-refractivity contribution in [2.45, 2.75) is 32.7 Å². The minimum atomic E-state index is -0.384. The summed E-state index contributed by atoms with van der Waals surface area (Å²) in [6.07, 6.45) is 1.54. The molecule has 0 radical (unpaired) electrons. The number of carbonyl (C=O) groups is 1. The van der Waals surface area contributed by atoms with E-state index in [9.17, 15) is 9.59 Å². The van der Waals surface area contributed by atoms with Crippen molar-refractivity contribution in [3.63, 3.8) is 0 Å². The van der Waals surface area contributed by atoms with Gasteiger partial charge in [-0.15, -0.1) is 0 Å². The van der Waals surface area contributed by atoms with Gasteiger partial charge in [-0.2, -0.15) is 0 Å². The van der Waals surface area contributed by atoms with E-state index in [1.165, 1.54) is 13.2 Å². The summed E-state index contributed by atoms with van der Waals surface area (Å²) in [5.74, 6) is 1.29. The van der Waals surface area contributed by atoms with Gasteiger partial charge in [0.1, 0.15) is 23.8 Å². The Morgan fingerprint density at radius 1 is 1.12 bits per heavy atom. The Kier molecular flexibility index (Phi) is 6.46. The van der Waals surface area contributed by atoms with Crippen molar-refractivity contribution in [1.29, 1.82) is 0 Å². The molecule has 32 heavy (non-hydrogen) atoms. The van der Waals surface area contributed by atoms with Gasteiger partial charge in [-0.25, -0.2) is 4.79 Å². The Hall–Kier alpha value is -3.32. The Bertz CT molecular complexity index is 1200. The minimum absolute atomic E-state index is 0.255. The number of benzene rings is 2. The number of ether oxygens (including phenoxy) is 3. The van der Waals surface area contributed by atoms with Crippen LogP contribution < -0.4 is 15.1 Å². The fourth-order valence-corrected chi connectivity index (χ4v) is 4.16. The Morgan fingerprint density at radius 2 is 1.94 bits per heavy atom. The van der Waals surface area contributed by atoms with Crippen molar-refractivity contribution in [2.24, 2.45) is 0 Å². The monoisotopic (exact) mass is 437 g/mol. The summed E-state index contributed by atoms with van der Waals surface area (Å²) in [4.78, 5) is 26.0. The van der Waals surface area contributed by atoms with Crippen LogP contribution in [0.3, 0.4) is 0 Å². The van der Waals surface area contributed by atoms with Crippen LogP contribution in [0.4, 0.5) is 0 Å². The van der Waals surface area contributed by atoms with Gasteiger partial charge in [0.05, 0.1) is 19.8 Å². The average molecular weight is 437 g/mol. The summed E-state index contributed by atoms with van der Waals surface area (Å²) < 4.78 is 22.0. The molecule has 0 atom stereocenters. The molecule has 0 saturated heterocycles. The molecule has 0 N–H and O–H groups in total. The molecular weight excluding hydrogens is 410 g/mol. The lowest BCUT2D eigenvalue weighted by molar-refractivity contribution is -0.140. The smallest absolute Gasteiger partial charge is 0.336 e. The maximum atomic E-state index is 12.1. The predicted molar refractivity (Wildman–Crippen MR) is 120 cm³/mol. The van der Waals surface area contributed by atoms with Crippen molar-refractivity contribution < 1.29 is 23.4 Å². The van der Waals surface area contributed by atoms with Crippen LogP contribution in [-0.4, -0.2) is 38.4 Å². The van der Waals surface area contributed by atoms with Gasteiger partial charge in [0, 0.05) is 31.0 Å². The molecule has 0 bridgehead atoms. The molecule has 0 unspecified atom stereocenters. The number of carbonyl (C=O) groups excluding carboxylic acids is 1. The highest BCUT2D eigenvalue weighted by Gasteiger charge is 2.25. The second kappa shape index (κ2) is 9.44. The fraction of sp³-hybridized carbons (Fsp3) is 0.360. The van der Waals surface area contributed by atoms with Crippen molar-refractivity contribution in [1.82, 2.24) is 4.90 Å². The number of fused-ring (bicyclic) bond motifs is 3. The molecule has 168 valence electrons. The maximum Gasteiger partial charge on any atom is 0.336 e. The lowest BCUT2D eigenvalue weighted by Crippen LogP contribution is -2.34. The van der Waals surface area contributed by atoms with Gasteiger partial charge >= 0.3 is 11.6 Å². The van der Waals surface area contributed by atoms with Crippen LogP contribution in [0, 0.1) is 6.92 Å². The molecule has 7 heteroatoms. The standard InChI is InChI=1S/C25H27NO6/c1-16-12-23(28)32-25-19(16)13-18(8-9-22(27)30-3)24-20(25)14-26(15-31-24)11-10-17-6-4-5-7-21(17)29-2/h4-7,12-13H,8-11,14-15H2,1-3H3. The van der Waals surface area contributed by atoms with Gasteiger partial charge in [-0.1, -0.05) is 18.2 Å². The topological polar surface area (TPSA) is 78.2 Å². The molecular formula is C25H27NO6. The minimum Gasteiger partial charge on any atom is -0.496 e. The Morgan fingerprint density at radius 3 is 2.72 bits per heavy atom.